The van der Waals surface area contributed by atoms with Gasteiger partial charge in [0.25, 0.3) is 5.91 Å². The van der Waals surface area contributed by atoms with Crippen LogP contribution in [0.1, 0.15) is 33.7 Å². The molecular formula is C25H25F4N9O3. The molecule has 0 aliphatic rings. The summed E-state index contributed by atoms with van der Waals surface area (Å²) in [6.07, 6.45) is -2.01. The third kappa shape index (κ3) is 9.36. The first-order chi connectivity index (χ1) is 19.5. The summed E-state index contributed by atoms with van der Waals surface area (Å²) in [6.45, 7) is 2.13. The molecule has 0 spiro atoms. The maximum atomic E-state index is 14.6. The summed E-state index contributed by atoms with van der Waals surface area (Å²) in [4.78, 5) is 28.8. The van der Waals surface area contributed by atoms with Crippen LogP contribution in [0.15, 0.2) is 55.0 Å². The molecule has 0 saturated carbocycles. The molecule has 0 aliphatic heterocycles. The van der Waals surface area contributed by atoms with Gasteiger partial charge in [-0.1, -0.05) is 22.6 Å². The van der Waals surface area contributed by atoms with Crippen LogP contribution in [0.5, 0.6) is 5.75 Å². The zero-order chi connectivity index (χ0) is 29.4. The molecule has 16 heteroatoms. The van der Waals surface area contributed by atoms with E-state index in [0.717, 1.165) is 17.7 Å². The highest BCUT2D eigenvalue weighted by Gasteiger charge is 2.31. The van der Waals surface area contributed by atoms with E-state index < -0.39 is 30.1 Å². The largest absolute Gasteiger partial charge is 0.573 e. The fourth-order valence-electron chi connectivity index (χ4n) is 3.71. The number of carbonyl (C=O) groups excluding carboxylic acids is 2. The SMILES string of the molecule is Cc1ccnc(CNC(=O)c2cn(CCC(F)Cn3cc(NC(=O)Cc4cccc(OC(F)(F)F)c4)nn3)nn2)c1. The van der Waals surface area contributed by atoms with Crippen molar-refractivity contribution in [3.63, 3.8) is 0 Å². The number of halogens is 4. The van der Waals surface area contributed by atoms with Gasteiger partial charge in [0.2, 0.25) is 5.91 Å². The Hall–Kier alpha value is -4.89. The van der Waals surface area contributed by atoms with Crippen LogP contribution in [-0.4, -0.2) is 59.3 Å². The van der Waals surface area contributed by atoms with E-state index in [4.69, 9.17) is 0 Å². The van der Waals surface area contributed by atoms with Crippen molar-refractivity contribution in [3.8, 4) is 5.75 Å². The fourth-order valence-corrected chi connectivity index (χ4v) is 3.71. The van der Waals surface area contributed by atoms with Gasteiger partial charge in [-0.05, 0) is 42.3 Å². The number of anilines is 1. The maximum Gasteiger partial charge on any atom is 0.573 e. The normalized spacial score (nSPS) is 12.1. The molecule has 12 nitrogen and oxygen atoms in total. The second-order valence-electron chi connectivity index (χ2n) is 9.01. The summed E-state index contributed by atoms with van der Waals surface area (Å²) in [6, 6.07) is 8.73. The summed E-state index contributed by atoms with van der Waals surface area (Å²) in [5.41, 5.74) is 2.10. The van der Waals surface area contributed by atoms with Crippen molar-refractivity contribution < 1.29 is 31.9 Å². The molecular weight excluding hydrogens is 550 g/mol. The Morgan fingerprint density at radius 2 is 1.88 bits per heavy atom. The van der Waals surface area contributed by atoms with E-state index in [9.17, 15) is 27.2 Å². The number of rotatable bonds is 12. The molecule has 1 unspecified atom stereocenters. The van der Waals surface area contributed by atoms with Crippen molar-refractivity contribution in [3.05, 3.63) is 77.5 Å². The van der Waals surface area contributed by atoms with E-state index in [0.29, 0.717) is 5.69 Å². The zero-order valence-electron chi connectivity index (χ0n) is 21.7. The Morgan fingerprint density at radius 3 is 2.66 bits per heavy atom. The predicted molar refractivity (Wildman–Crippen MR) is 135 cm³/mol. The Balaban J connectivity index is 1.20. The number of aromatic nitrogens is 7. The van der Waals surface area contributed by atoms with Gasteiger partial charge in [0.05, 0.1) is 37.6 Å². The lowest BCUT2D eigenvalue weighted by atomic mass is 10.1. The molecule has 4 aromatic rings. The second-order valence-corrected chi connectivity index (χ2v) is 9.01. The monoisotopic (exact) mass is 575 g/mol. The fraction of sp³-hybridized carbons (Fsp3) is 0.320. The Kier molecular flexibility index (Phi) is 9.21. The third-order valence-corrected chi connectivity index (χ3v) is 5.53. The molecule has 3 aromatic heterocycles. The summed E-state index contributed by atoms with van der Waals surface area (Å²) >= 11 is 0. The molecule has 1 aromatic carbocycles. The number of alkyl halides is 4. The molecule has 3 heterocycles. The highest BCUT2D eigenvalue weighted by molar-refractivity contribution is 5.92. The predicted octanol–water partition coefficient (Wildman–Crippen LogP) is 3.01. The molecule has 1 atom stereocenters. The number of aryl methyl sites for hydroxylation is 2. The number of carbonyl (C=O) groups is 2. The summed E-state index contributed by atoms with van der Waals surface area (Å²) in [5.74, 6) is -1.38. The van der Waals surface area contributed by atoms with Crippen LogP contribution in [0.4, 0.5) is 23.4 Å². The lowest BCUT2D eigenvalue weighted by Crippen LogP contribution is -2.23. The Morgan fingerprint density at radius 1 is 1.07 bits per heavy atom. The van der Waals surface area contributed by atoms with Crippen LogP contribution in [-0.2, 0) is 30.8 Å². The molecule has 2 N–H and O–H groups in total. The summed E-state index contributed by atoms with van der Waals surface area (Å²) in [7, 11) is 0. The second kappa shape index (κ2) is 13.0. The molecule has 0 radical (unpaired) electrons. The number of nitrogens with one attached hydrogen (secondary N) is 2. The average Bonchev–Trinajstić information content (AvgIpc) is 3.55. The molecule has 0 aliphatic carbocycles. The van der Waals surface area contributed by atoms with Gasteiger partial charge >= 0.3 is 6.36 Å². The van der Waals surface area contributed by atoms with Crippen LogP contribution in [0.3, 0.4) is 0 Å². The minimum atomic E-state index is -4.84. The quantitative estimate of drug-likeness (QED) is 0.246. The molecule has 0 bridgehead atoms. The number of pyridine rings is 1. The minimum absolute atomic E-state index is 0.0372. The standard InChI is InChI=1S/C25H25F4N9O3/c1-16-5-7-30-19(9-16)12-31-24(40)21-14-37(35-33-21)8-6-18(26)13-38-15-22(34-36-38)32-23(39)11-17-3-2-4-20(10-17)41-25(27,28)29/h2-5,7,9-10,14-15,18H,6,8,11-13H2,1H3,(H,31,40)(H,32,39). The molecule has 41 heavy (non-hydrogen) atoms. The highest BCUT2D eigenvalue weighted by atomic mass is 19.4. The van der Waals surface area contributed by atoms with Crippen molar-refractivity contribution in [2.24, 2.45) is 0 Å². The van der Waals surface area contributed by atoms with E-state index in [1.165, 1.54) is 33.9 Å². The number of hydrogen-bond donors (Lipinski definition) is 2. The van der Waals surface area contributed by atoms with E-state index in [-0.39, 0.29) is 49.6 Å². The first-order valence-electron chi connectivity index (χ1n) is 12.3. The average molecular weight is 576 g/mol. The lowest BCUT2D eigenvalue weighted by molar-refractivity contribution is -0.274. The minimum Gasteiger partial charge on any atom is -0.406 e. The van der Waals surface area contributed by atoms with Crippen LogP contribution in [0, 0.1) is 6.92 Å². The number of benzene rings is 1. The van der Waals surface area contributed by atoms with Crippen LogP contribution >= 0.6 is 0 Å². The third-order valence-electron chi connectivity index (χ3n) is 5.53. The highest BCUT2D eigenvalue weighted by Crippen LogP contribution is 2.23. The van der Waals surface area contributed by atoms with E-state index in [1.54, 1.807) is 6.20 Å². The van der Waals surface area contributed by atoms with Gasteiger partial charge in [0, 0.05) is 19.2 Å². The maximum absolute atomic E-state index is 14.6. The van der Waals surface area contributed by atoms with Crippen molar-refractivity contribution in [1.29, 1.82) is 0 Å². The van der Waals surface area contributed by atoms with Gasteiger partial charge < -0.3 is 15.4 Å². The van der Waals surface area contributed by atoms with Gasteiger partial charge in [0.1, 0.15) is 11.9 Å². The zero-order valence-corrected chi connectivity index (χ0v) is 21.7. The number of hydrogen-bond acceptors (Lipinski definition) is 8. The number of amides is 2. The molecule has 0 fully saturated rings. The van der Waals surface area contributed by atoms with Crippen LogP contribution in [0.2, 0.25) is 0 Å². The molecule has 216 valence electrons. The molecule has 4 rings (SSSR count). The van der Waals surface area contributed by atoms with Crippen LogP contribution in [0.25, 0.3) is 0 Å². The van der Waals surface area contributed by atoms with E-state index in [1.807, 2.05) is 19.1 Å². The first-order valence-corrected chi connectivity index (χ1v) is 12.3. The molecule has 2 amide bonds. The van der Waals surface area contributed by atoms with Gasteiger partial charge in [-0.25, -0.2) is 9.07 Å². The summed E-state index contributed by atoms with van der Waals surface area (Å²) < 4.78 is 58.2. The Labute approximate surface area is 230 Å². The van der Waals surface area contributed by atoms with Gasteiger partial charge in [-0.15, -0.1) is 23.4 Å². The number of ether oxygens (including phenoxy) is 1. The lowest BCUT2D eigenvalue weighted by Gasteiger charge is -2.09. The summed E-state index contributed by atoms with van der Waals surface area (Å²) in [5, 5.41) is 20.4. The van der Waals surface area contributed by atoms with Crippen molar-refractivity contribution in [1.82, 2.24) is 40.3 Å². The number of nitrogens with zero attached hydrogens (tertiary/aromatic N) is 7. The van der Waals surface area contributed by atoms with Crippen LogP contribution < -0.4 is 15.4 Å². The first kappa shape index (κ1) is 29.1. The van der Waals surface area contributed by atoms with Crippen molar-refractivity contribution in [2.45, 2.75) is 51.9 Å². The van der Waals surface area contributed by atoms with Crippen molar-refractivity contribution >= 4 is 17.6 Å². The van der Waals surface area contributed by atoms with Gasteiger partial charge in [-0.3, -0.25) is 19.3 Å². The van der Waals surface area contributed by atoms with Gasteiger partial charge in [0.15, 0.2) is 11.5 Å². The van der Waals surface area contributed by atoms with E-state index in [2.05, 4.69) is 41.0 Å². The Bertz CT molecular complexity index is 1490. The van der Waals surface area contributed by atoms with Crippen molar-refractivity contribution in [2.75, 3.05) is 5.32 Å². The van der Waals surface area contributed by atoms with E-state index >= 15 is 0 Å². The smallest absolute Gasteiger partial charge is 0.406 e. The van der Waals surface area contributed by atoms with Gasteiger partial charge in [-0.2, -0.15) is 0 Å². The topological polar surface area (TPSA) is 142 Å². The molecule has 0 saturated heterocycles.